The first-order chi connectivity index (χ1) is 14.6. The first kappa shape index (κ1) is 20.0. The van der Waals surface area contributed by atoms with E-state index in [4.69, 9.17) is 14.5 Å². The lowest BCUT2D eigenvalue weighted by Crippen LogP contribution is -2.16. The highest BCUT2D eigenvalue weighted by molar-refractivity contribution is 7.15. The molecule has 30 heavy (non-hydrogen) atoms. The van der Waals surface area contributed by atoms with Crippen molar-refractivity contribution in [3.63, 3.8) is 0 Å². The van der Waals surface area contributed by atoms with E-state index in [0.717, 1.165) is 33.2 Å². The zero-order valence-corrected chi connectivity index (χ0v) is 18.0. The number of anilines is 1. The van der Waals surface area contributed by atoms with Crippen molar-refractivity contribution >= 4 is 27.9 Å². The summed E-state index contributed by atoms with van der Waals surface area (Å²) in [6.07, 6.45) is 2.22. The van der Waals surface area contributed by atoms with Crippen LogP contribution >= 0.6 is 11.3 Å². The van der Waals surface area contributed by atoms with Gasteiger partial charge in [0.15, 0.2) is 4.96 Å². The molecule has 0 radical (unpaired) electrons. The van der Waals surface area contributed by atoms with Crippen molar-refractivity contribution in [3.05, 3.63) is 65.3 Å². The number of nitrogens with zero attached hydrogens (tertiary/aromatic N) is 2. The number of carbonyl (C=O) groups is 1. The number of imidazole rings is 1. The van der Waals surface area contributed by atoms with Crippen LogP contribution in [0.25, 0.3) is 16.2 Å². The summed E-state index contributed by atoms with van der Waals surface area (Å²) in [5, 5.41) is 4.92. The van der Waals surface area contributed by atoms with Crippen LogP contribution in [0.3, 0.4) is 0 Å². The molecule has 0 spiro atoms. The van der Waals surface area contributed by atoms with Crippen molar-refractivity contribution in [3.8, 4) is 22.8 Å². The molecule has 2 aromatic carbocycles. The number of methoxy groups -OCH3 is 1. The summed E-state index contributed by atoms with van der Waals surface area (Å²) in [6.45, 7) is 4.58. The average molecular weight is 422 g/mol. The Kier molecular flexibility index (Phi) is 5.72. The predicted octanol–water partition coefficient (Wildman–Crippen LogP) is 4.96. The monoisotopic (exact) mass is 421 g/mol. The van der Waals surface area contributed by atoms with E-state index in [1.54, 1.807) is 7.11 Å². The first-order valence-corrected chi connectivity index (χ1v) is 10.6. The number of aryl methyl sites for hydroxylation is 1. The first-order valence-electron chi connectivity index (χ1n) is 9.70. The minimum atomic E-state index is -0.102. The number of fused-ring (bicyclic) bond motifs is 1. The van der Waals surface area contributed by atoms with Crippen molar-refractivity contribution in [2.24, 2.45) is 0 Å². The third-order valence-corrected chi connectivity index (χ3v) is 5.60. The molecule has 1 N–H and O–H groups in total. The quantitative estimate of drug-likeness (QED) is 0.458. The lowest BCUT2D eigenvalue weighted by molar-refractivity contribution is -0.115. The normalized spacial score (nSPS) is 10.9. The Morgan fingerprint density at radius 1 is 1.20 bits per heavy atom. The van der Waals surface area contributed by atoms with Crippen LogP contribution in [0.4, 0.5) is 5.69 Å². The third kappa shape index (κ3) is 4.16. The van der Waals surface area contributed by atoms with Crippen molar-refractivity contribution in [1.82, 2.24) is 9.38 Å². The molecule has 0 atom stereocenters. The van der Waals surface area contributed by atoms with Gasteiger partial charge >= 0.3 is 0 Å². The van der Waals surface area contributed by atoms with E-state index in [2.05, 4.69) is 5.32 Å². The van der Waals surface area contributed by atoms with Gasteiger partial charge in [-0.25, -0.2) is 4.98 Å². The van der Waals surface area contributed by atoms with E-state index in [1.807, 2.05) is 72.3 Å². The number of nitrogens with one attached hydrogen (secondary N) is 1. The number of amides is 1. The summed E-state index contributed by atoms with van der Waals surface area (Å²) in [7, 11) is 1.59. The van der Waals surface area contributed by atoms with E-state index in [1.165, 1.54) is 11.3 Å². The lowest BCUT2D eigenvalue weighted by Gasteiger charge is -2.10. The molecule has 0 fully saturated rings. The average Bonchev–Trinajstić information content (AvgIpc) is 3.31. The van der Waals surface area contributed by atoms with Crippen LogP contribution in [-0.2, 0) is 11.2 Å². The Morgan fingerprint density at radius 2 is 2.00 bits per heavy atom. The van der Waals surface area contributed by atoms with Crippen LogP contribution in [0, 0.1) is 6.92 Å². The van der Waals surface area contributed by atoms with Crippen molar-refractivity contribution in [2.75, 3.05) is 19.0 Å². The van der Waals surface area contributed by atoms with Crippen LogP contribution < -0.4 is 14.8 Å². The largest absolute Gasteiger partial charge is 0.495 e. The Bertz CT molecular complexity index is 1180. The molecule has 0 saturated carbocycles. The lowest BCUT2D eigenvalue weighted by atomic mass is 10.1. The summed E-state index contributed by atoms with van der Waals surface area (Å²) in [5.41, 5.74) is 4.50. The minimum absolute atomic E-state index is 0.102. The highest BCUT2D eigenvalue weighted by Crippen LogP contribution is 2.27. The van der Waals surface area contributed by atoms with Crippen LogP contribution in [0.2, 0.25) is 0 Å². The second-order valence-electron chi connectivity index (χ2n) is 6.89. The molecular weight excluding hydrogens is 398 g/mol. The number of carbonyl (C=O) groups excluding carboxylic acids is 1. The van der Waals surface area contributed by atoms with Crippen molar-refractivity contribution in [2.45, 2.75) is 20.3 Å². The van der Waals surface area contributed by atoms with Crippen molar-refractivity contribution < 1.29 is 14.3 Å². The molecule has 2 aromatic heterocycles. The Balaban J connectivity index is 1.52. The predicted molar refractivity (Wildman–Crippen MR) is 120 cm³/mol. The van der Waals surface area contributed by atoms with E-state index in [0.29, 0.717) is 18.0 Å². The standard InChI is InChI=1S/C23H23N3O3S/c1-4-29-18-8-6-16(7-9-18)20-13-26-17(14-30-23(26)25-20)12-22(27)24-19-11-15(2)5-10-21(19)28-3/h5-11,13-14H,4,12H2,1-3H3,(H,24,27). The van der Waals surface area contributed by atoms with Gasteiger partial charge in [-0.15, -0.1) is 11.3 Å². The number of benzene rings is 2. The number of hydrogen-bond acceptors (Lipinski definition) is 5. The van der Waals surface area contributed by atoms with Gasteiger partial charge < -0.3 is 14.8 Å². The zero-order valence-electron chi connectivity index (χ0n) is 17.1. The maximum Gasteiger partial charge on any atom is 0.230 e. The van der Waals surface area contributed by atoms with Gasteiger partial charge in [-0.05, 0) is 55.8 Å². The van der Waals surface area contributed by atoms with E-state index in [9.17, 15) is 4.79 Å². The molecule has 2 heterocycles. The van der Waals surface area contributed by atoms with Crippen LogP contribution in [0.1, 0.15) is 18.2 Å². The molecule has 0 saturated heterocycles. The molecule has 7 heteroatoms. The van der Waals surface area contributed by atoms with E-state index in [-0.39, 0.29) is 12.3 Å². The number of thiazole rings is 1. The SMILES string of the molecule is CCOc1ccc(-c2cn3c(CC(=O)Nc4cc(C)ccc4OC)csc3n2)cc1. The van der Waals surface area contributed by atoms with Gasteiger partial charge in [0.2, 0.25) is 5.91 Å². The molecule has 6 nitrogen and oxygen atoms in total. The van der Waals surface area contributed by atoms with Crippen LogP contribution in [0.15, 0.2) is 54.0 Å². The molecule has 0 aliphatic rings. The molecule has 154 valence electrons. The maximum absolute atomic E-state index is 12.7. The van der Waals surface area contributed by atoms with Gasteiger partial charge in [0.1, 0.15) is 11.5 Å². The van der Waals surface area contributed by atoms with Gasteiger partial charge in [0, 0.05) is 22.8 Å². The highest BCUT2D eigenvalue weighted by Gasteiger charge is 2.14. The number of aromatic nitrogens is 2. The molecule has 1 amide bonds. The van der Waals surface area contributed by atoms with Gasteiger partial charge in [-0.1, -0.05) is 6.07 Å². The second kappa shape index (κ2) is 8.59. The Hall–Kier alpha value is -3.32. The second-order valence-corrected chi connectivity index (χ2v) is 7.73. The molecule has 0 bridgehead atoms. The fraction of sp³-hybridized carbons (Fsp3) is 0.217. The molecular formula is C23H23N3O3S. The Labute approximate surface area is 179 Å². The summed E-state index contributed by atoms with van der Waals surface area (Å²) in [6, 6.07) is 13.6. The molecule has 0 unspecified atom stereocenters. The summed E-state index contributed by atoms with van der Waals surface area (Å²) in [5.74, 6) is 1.38. The zero-order chi connectivity index (χ0) is 21.1. The van der Waals surface area contributed by atoms with E-state index >= 15 is 0 Å². The maximum atomic E-state index is 12.7. The van der Waals surface area contributed by atoms with Crippen LogP contribution in [0.5, 0.6) is 11.5 Å². The van der Waals surface area contributed by atoms with Crippen molar-refractivity contribution in [1.29, 1.82) is 0 Å². The van der Waals surface area contributed by atoms with Gasteiger partial charge in [-0.2, -0.15) is 0 Å². The fourth-order valence-corrected chi connectivity index (χ4v) is 4.14. The van der Waals surface area contributed by atoms with Crippen LogP contribution in [-0.4, -0.2) is 29.0 Å². The van der Waals surface area contributed by atoms with E-state index < -0.39 is 0 Å². The minimum Gasteiger partial charge on any atom is -0.495 e. The molecule has 0 aliphatic heterocycles. The van der Waals surface area contributed by atoms with Gasteiger partial charge in [0.25, 0.3) is 0 Å². The van der Waals surface area contributed by atoms with Gasteiger partial charge in [0.05, 0.1) is 31.5 Å². The molecule has 4 aromatic rings. The fourth-order valence-electron chi connectivity index (χ4n) is 3.26. The Morgan fingerprint density at radius 3 is 2.73 bits per heavy atom. The summed E-state index contributed by atoms with van der Waals surface area (Å²) >= 11 is 1.52. The summed E-state index contributed by atoms with van der Waals surface area (Å²) in [4.78, 5) is 18.2. The number of hydrogen-bond donors (Lipinski definition) is 1. The topological polar surface area (TPSA) is 64.9 Å². The summed E-state index contributed by atoms with van der Waals surface area (Å²) < 4.78 is 12.8. The molecule has 4 rings (SSSR count). The number of rotatable bonds is 7. The van der Waals surface area contributed by atoms with Gasteiger partial charge in [-0.3, -0.25) is 9.20 Å². The molecule has 0 aliphatic carbocycles. The smallest absolute Gasteiger partial charge is 0.230 e. The highest BCUT2D eigenvalue weighted by atomic mass is 32.1. The third-order valence-electron chi connectivity index (χ3n) is 4.72. The number of ether oxygens (including phenoxy) is 2.